The third-order valence-electron chi connectivity index (χ3n) is 6.49. The molecule has 1 aliphatic carbocycles. The molecule has 1 saturated heterocycles. The van der Waals surface area contributed by atoms with Crippen molar-refractivity contribution in [1.29, 1.82) is 0 Å². The van der Waals surface area contributed by atoms with Gasteiger partial charge in [0.05, 0.1) is 6.04 Å². The Morgan fingerprint density at radius 1 is 1.26 bits per heavy atom. The molecular formula is C24H26FN3O5S. The number of carbonyl (C=O) groups is 4. The number of imide groups is 1. The molecule has 2 fully saturated rings. The summed E-state index contributed by atoms with van der Waals surface area (Å²) in [7, 11) is 0. The summed E-state index contributed by atoms with van der Waals surface area (Å²) in [6.07, 6.45) is 3.19. The van der Waals surface area contributed by atoms with E-state index in [0.29, 0.717) is 12.0 Å². The second-order valence-electron chi connectivity index (χ2n) is 8.67. The summed E-state index contributed by atoms with van der Waals surface area (Å²) in [4.78, 5) is 52.0. The predicted molar refractivity (Wildman–Crippen MR) is 122 cm³/mol. The van der Waals surface area contributed by atoms with Crippen LogP contribution < -0.4 is 10.6 Å². The number of hydrogen-bond acceptors (Lipinski definition) is 6. The molecule has 8 nitrogen and oxygen atoms in total. The quantitative estimate of drug-likeness (QED) is 0.461. The number of benzene rings is 1. The zero-order valence-corrected chi connectivity index (χ0v) is 19.5. The molecule has 2 heterocycles. The van der Waals surface area contributed by atoms with Crippen LogP contribution in [-0.4, -0.2) is 47.4 Å². The molecule has 3 unspecified atom stereocenters. The molecule has 10 heteroatoms. The van der Waals surface area contributed by atoms with Crippen LogP contribution in [0.3, 0.4) is 0 Å². The van der Waals surface area contributed by atoms with Gasteiger partial charge in [-0.3, -0.25) is 19.3 Å². The average Bonchev–Trinajstić information content (AvgIpc) is 3.43. The summed E-state index contributed by atoms with van der Waals surface area (Å²) < 4.78 is 18.4. The number of esters is 1. The van der Waals surface area contributed by atoms with Crippen molar-refractivity contribution < 1.29 is 28.3 Å². The van der Waals surface area contributed by atoms with Gasteiger partial charge in [0, 0.05) is 4.88 Å². The normalized spacial score (nSPS) is 23.0. The standard InChI is InChI=1S/C24H26FN3O5S/c1-15-5-2-3-11-24(15)22(31)28(23(32)27-24)13-20(30)33-14-19(29)26-21(18-6-4-12-34-18)16-7-9-17(25)10-8-16/h4,6-10,12,15,21H,2-3,5,11,13-14H2,1H3,(H,26,29)(H,27,32). The summed E-state index contributed by atoms with van der Waals surface area (Å²) >= 11 is 1.42. The Balaban J connectivity index is 1.34. The minimum atomic E-state index is -0.962. The van der Waals surface area contributed by atoms with Gasteiger partial charge in [-0.2, -0.15) is 0 Å². The highest BCUT2D eigenvalue weighted by molar-refractivity contribution is 7.10. The number of amides is 4. The lowest BCUT2D eigenvalue weighted by molar-refractivity contribution is -0.151. The number of ether oxygens (including phenoxy) is 1. The molecule has 180 valence electrons. The number of halogens is 1. The molecule has 0 radical (unpaired) electrons. The highest BCUT2D eigenvalue weighted by atomic mass is 32.1. The number of nitrogens with one attached hydrogen (secondary N) is 2. The van der Waals surface area contributed by atoms with E-state index in [-0.39, 0.29) is 11.7 Å². The van der Waals surface area contributed by atoms with Crippen LogP contribution in [0.5, 0.6) is 0 Å². The van der Waals surface area contributed by atoms with Gasteiger partial charge in [-0.15, -0.1) is 11.3 Å². The average molecular weight is 488 g/mol. The lowest BCUT2D eigenvalue weighted by Gasteiger charge is -2.36. The molecule has 4 amide bonds. The molecule has 2 aromatic rings. The number of thiophene rings is 1. The maximum atomic E-state index is 13.3. The molecule has 1 spiro atoms. The van der Waals surface area contributed by atoms with Gasteiger partial charge in [0.25, 0.3) is 11.8 Å². The first-order valence-electron chi connectivity index (χ1n) is 11.2. The fourth-order valence-corrected chi connectivity index (χ4v) is 5.39. The summed E-state index contributed by atoms with van der Waals surface area (Å²) in [6, 6.07) is 8.28. The van der Waals surface area contributed by atoms with E-state index in [4.69, 9.17) is 4.74 Å². The molecule has 1 saturated carbocycles. The van der Waals surface area contributed by atoms with Gasteiger partial charge >= 0.3 is 12.0 Å². The molecular weight excluding hydrogens is 461 g/mol. The van der Waals surface area contributed by atoms with E-state index in [2.05, 4.69) is 10.6 Å². The Hall–Kier alpha value is -3.27. The Morgan fingerprint density at radius 3 is 2.71 bits per heavy atom. The Morgan fingerprint density at radius 2 is 2.03 bits per heavy atom. The van der Waals surface area contributed by atoms with Crippen LogP contribution >= 0.6 is 11.3 Å². The Kier molecular flexibility index (Phi) is 6.97. The Bertz CT molecular complexity index is 1070. The van der Waals surface area contributed by atoms with E-state index in [9.17, 15) is 23.6 Å². The molecule has 4 rings (SSSR count). The second-order valence-corrected chi connectivity index (χ2v) is 9.65. The fourth-order valence-electron chi connectivity index (χ4n) is 4.59. The highest BCUT2D eigenvalue weighted by Gasteiger charge is 2.55. The van der Waals surface area contributed by atoms with E-state index in [1.165, 1.54) is 23.5 Å². The molecule has 3 atom stereocenters. The van der Waals surface area contributed by atoms with Crippen molar-refractivity contribution in [2.24, 2.45) is 5.92 Å². The largest absolute Gasteiger partial charge is 0.454 e. The van der Waals surface area contributed by atoms with Crippen LogP contribution in [0.1, 0.15) is 49.1 Å². The number of urea groups is 1. The summed E-state index contributed by atoms with van der Waals surface area (Å²) in [5.74, 6) is -2.25. The molecule has 2 aliphatic rings. The first-order valence-corrected chi connectivity index (χ1v) is 12.1. The SMILES string of the molecule is CC1CCCCC12NC(=O)N(CC(=O)OCC(=O)NC(c1ccc(F)cc1)c1cccs1)C2=O. The van der Waals surface area contributed by atoms with E-state index in [1.807, 2.05) is 24.4 Å². The minimum Gasteiger partial charge on any atom is -0.454 e. The molecule has 1 aromatic carbocycles. The smallest absolute Gasteiger partial charge is 0.326 e. The van der Waals surface area contributed by atoms with Crippen molar-refractivity contribution in [3.8, 4) is 0 Å². The zero-order valence-electron chi connectivity index (χ0n) is 18.7. The maximum Gasteiger partial charge on any atom is 0.326 e. The van der Waals surface area contributed by atoms with Gasteiger partial charge in [0.2, 0.25) is 0 Å². The predicted octanol–water partition coefficient (Wildman–Crippen LogP) is 3.14. The van der Waals surface area contributed by atoms with Crippen LogP contribution in [0.2, 0.25) is 0 Å². The van der Waals surface area contributed by atoms with Crippen molar-refractivity contribution in [3.05, 3.63) is 58.0 Å². The van der Waals surface area contributed by atoms with Crippen molar-refractivity contribution in [2.75, 3.05) is 13.2 Å². The number of carbonyl (C=O) groups excluding carboxylic acids is 4. The third-order valence-corrected chi connectivity index (χ3v) is 7.43. The van der Waals surface area contributed by atoms with E-state index < -0.39 is 48.5 Å². The van der Waals surface area contributed by atoms with Crippen LogP contribution in [0.25, 0.3) is 0 Å². The topological polar surface area (TPSA) is 105 Å². The third kappa shape index (κ3) is 4.82. The van der Waals surface area contributed by atoms with Crippen LogP contribution in [-0.2, 0) is 19.1 Å². The maximum absolute atomic E-state index is 13.3. The first kappa shape index (κ1) is 23.9. The lowest BCUT2D eigenvalue weighted by atomic mass is 9.73. The van der Waals surface area contributed by atoms with Crippen molar-refractivity contribution >= 4 is 35.2 Å². The van der Waals surface area contributed by atoms with Crippen LogP contribution in [0, 0.1) is 11.7 Å². The van der Waals surface area contributed by atoms with Crippen LogP contribution in [0.15, 0.2) is 41.8 Å². The number of rotatable bonds is 7. The minimum absolute atomic E-state index is 0.0230. The molecule has 34 heavy (non-hydrogen) atoms. The second kappa shape index (κ2) is 9.92. The molecule has 0 bridgehead atoms. The highest BCUT2D eigenvalue weighted by Crippen LogP contribution is 2.38. The number of nitrogens with zero attached hydrogens (tertiary/aromatic N) is 1. The first-order chi connectivity index (χ1) is 16.3. The van der Waals surface area contributed by atoms with Gasteiger partial charge in [-0.25, -0.2) is 9.18 Å². The van der Waals surface area contributed by atoms with Gasteiger partial charge < -0.3 is 15.4 Å². The van der Waals surface area contributed by atoms with Gasteiger partial charge in [-0.05, 0) is 47.9 Å². The molecule has 2 N–H and O–H groups in total. The van der Waals surface area contributed by atoms with Crippen LogP contribution in [0.4, 0.5) is 9.18 Å². The monoisotopic (exact) mass is 487 g/mol. The summed E-state index contributed by atoms with van der Waals surface area (Å²) in [5, 5.41) is 7.42. The van der Waals surface area contributed by atoms with Crippen molar-refractivity contribution in [3.63, 3.8) is 0 Å². The zero-order chi connectivity index (χ0) is 24.3. The summed E-state index contributed by atoms with van der Waals surface area (Å²) in [6.45, 7) is 0.792. The molecule has 1 aliphatic heterocycles. The van der Waals surface area contributed by atoms with Crippen molar-refractivity contribution in [2.45, 2.75) is 44.2 Å². The van der Waals surface area contributed by atoms with Gasteiger partial charge in [0.1, 0.15) is 17.9 Å². The molecule has 1 aromatic heterocycles. The van der Waals surface area contributed by atoms with E-state index in [0.717, 1.165) is 29.0 Å². The van der Waals surface area contributed by atoms with Gasteiger partial charge in [0.15, 0.2) is 6.61 Å². The van der Waals surface area contributed by atoms with Gasteiger partial charge in [-0.1, -0.05) is 38.0 Å². The fraction of sp³-hybridized carbons (Fsp3) is 0.417. The van der Waals surface area contributed by atoms with E-state index in [1.54, 1.807) is 12.1 Å². The van der Waals surface area contributed by atoms with E-state index >= 15 is 0 Å². The Labute approximate surface area is 200 Å². The number of hydrogen-bond donors (Lipinski definition) is 2. The van der Waals surface area contributed by atoms with Crippen molar-refractivity contribution in [1.82, 2.24) is 15.5 Å². The summed E-state index contributed by atoms with van der Waals surface area (Å²) in [5.41, 5.74) is -0.287. The lowest BCUT2D eigenvalue weighted by Crippen LogP contribution is -2.54.